The van der Waals surface area contributed by atoms with Crippen LogP contribution in [0, 0.1) is 0 Å². The molecule has 4 heteroatoms. The second-order valence-electron chi connectivity index (χ2n) is 4.90. The Bertz CT molecular complexity index is 443. The monoisotopic (exact) mass is 248 g/mol. The first-order valence-electron chi connectivity index (χ1n) is 6.35. The van der Waals surface area contributed by atoms with E-state index < -0.39 is 0 Å². The maximum atomic E-state index is 11.6. The Labute approximate surface area is 108 Å². The third-order valence-corrected chi connectivity index (χ3v) is 3.26. The minimum Gasteiger partial charge on any atom is -0.392 e. The first-order valence-corrected chi connectivity index (χ1v) is 6.35. The van der Waals surface area contributed by atoms with Gasteiger partial charge in [-0.3, -0.25) is 4.79 Å². The van der Waals surface area contributed by atoms with E-state index in [0.717, 1.165) is 18.7 Å². The van der Waals surface area contributed by atoms with Crippen LogP contribution < -0.4 is 10.2 Å². The normalized spacial score (nSPS) is 16.6. The largest absolute Gasteiger partial charge is 0.392 e. The lowest BCUT2D eigenvalue weighted by atomic mass is 9.99. The molecule has 0 saturated carbocycles. The van der Waals surface area contributed by atoms with Crippen LogP contribution in [0.25, 0.3) is 0 Å². The van der Waals surface area contributed by atoms with Crippen molar-refractivity contribution in [2.24, 2.45) is 0 Å². The molecule has 1 aliphatic rings. The van der Waals surface area contributed by atoms with Crippen molar-refractivity contribution < 1.29 is 9.90 Å². The number of anilines is 1. The number of aliphatic hydroxyl groups is 1. The Morgan fingerprint density at radius 1 is 1.44 bits per heavy atom. The zero-order valence-corrected chi connectivity index (χ0v) is 10.9. The van der Waals surface area contributed by atoms with Crippen LogP contribution in [-0.4, -0.2) is 30.7 Å². The quantitative estimate of drug-likeness (QED) is 0.838. The average molecular weight is 248 g/mol. The van der Waals surface area contributed by atoms with E-state index in [-0.39, 0.29) is 12.0 Å². The number of amides is 1. The van der Waals surface area contributed by atoms with E-state index in [1.165, 1.54) is 11.1 Å². The van der Waals surface area contributed by atoms with E-state index in [0.29, 0.717) is 13.0 Å². The molecule has 0 saturated heterocycles. The number of nitrogens with one attached hydrogen (secondary N) is 1. The van der Waals surface area contributed by atoms with Crippen LogP contribution in [0.2, 0.25) is 0 Å². The van der Waals surface area contributed by atoms with Gasteiger partial charge in [-0.15, -0.1) is 0 Å². The van der Waals surface area contributed by atoms with Gasteiger partial charge in [0.15, 0.2) is 0 Å². The summed E-state index contributed by atoms with van der Waals surface area (Å²) < 4.78 is 0. The molecule has 18 heavy (non-hydrogen) atoms. The van der Waals surface area contributed by atoms with Gasteiger partial charge in [-0.1, -0.05) is 12.1 Å². The lowest BCUT2D eigenvalue weighted by Crippen LogP contribution is -2.31. The van der Waals surface area contributed by atoms with Crippen molar-refractivity contribution in [3.8, 4) is 0 Å². The molecule has 98 valence electrons. The highest BCUT2D eigenvalue weighted by Gasteiger charge is 2.20. The molecule has 0 unspecified atom stereocenters. The molecule has 1 atom stereocenters. The van der Waals surface area contributed by atoms with E-state index in [1.54, 1.807) is 11.8 Å². The number of carbonyl (C=O) groups excluding carboxylic acids is 1. The van der Waals surface area contributed by atoms with Crippen LogP contribution >= 0.6 is 0 Å². The molecular formula is C14H20N2O2. The van der Waals surface area contributed by atoms with Gasteiger partial charge in [0.05, 0.1) is 6.10 Å². The summed E-state index contributed by atoms with van der Waals surface area (Å²) in [5, 5.41) is 12.4. The fourth-order valence-corrected chi connectivity index (χ4v) is 2.25. The fraction of sp³-hybridized carbons (Fsp3) is 0.500. The van der Waals surface area contributed by atoms with Gasteiger partial charge in [-0.05, 0) is 30.5 Å². The van der Waals surface area contributed by atoms with Crippen molar-refractivity contribution in [1.29, 1.82) is 0 Å². The molecule has 2 N–H and O–H groups in total. The Balaban J connectivity index is 2.06. The van der Waals surface area contributed by atoms with Gasteiger partial charge < -0.3 is 15.3 Å². The number of benzene rings is 1. The molecule has 0 radical (unpaired) electrons. The molecule has 2 rings (SSSR count). The first kappa shape index (κ1) is 13.1. The molecular weight excluding hydrogens is 228 g/mol. The molecule has 0 aliphatic carbocycles. The maximum absolute atomic E-state index is 11.6. The maximum Gasteiger partial charge on any atom is 0.227 e. The van der Waals surface area contributed by atoms with E-state index in [2.05, 4.69) is 11.4 Å². The fourth-order valence-electron chi connectivity index (χ4n) is 2.25. The summed E-state index contributed by atoms with van der Waals surface area (Å²) in [6, 6.07) is 6.18. The van der Waals surface area contributed by atoms with E-state index in [1.807, 2.05) is 19.2 Å². The van der Waals surface area contributed by atoms with Gasteiger partial charge in [0.25, 0.3) is 0 Å². The first-order chi connectivity index (χ1) is 8.58. The SMILES string of the molecule is C[C@H](O)CNCc1ccc2c(c1)CCC(=O)N2C. The third kappa shape index (κ3) is 2.89. The standard InChI is InChI=1S/C14H20N2O2/c1-10(17)8-15-9-11-3-5-13-12(7-11)4-6-14(18)16(13)2/h3,5,7,10,15,17H,4,6,8-9H2,1-2H3/t10-/m0/s1. The summed E-state index contributed by atoms with van der Waals surface area (Å²) in [6.45, 7) is 3.10. The molecule has 4 nitrogen and oxygen atoms in total. The Kier molecular flexibility index (Phi) is 3.99. The summed E-state index contributed by atoms with van der Waals surface area (Å²) in [5.41, 5.74) is 3.44. The summed E-state index contributed by atoms with van der Waals surface area (Å²) >= 11 is 0. The molecule has 0 spiro atoms. The summed E-state index contributed by atoms with van der Waals surface area (Å²) in [5.74, 6) is 0.183. The second-order valence-corrected chi connectivity index (χ2v) is 4.90. The van der Waals surface area contributed by atoms with E-state index in [9.17, 15) is 9.90 Å². The second kappa shape index (κ2) is 5.50. The molecule has 0 fully saturated rings. The smallest absolute Gasteiger partial charge is 0.227 e. The van der Waals surface area contributed by atoms with Crippen LogP contribution in [0.1, 0.15) is 24.5 Å². The van der Waals surface area contributed by atoms with Crippen molar-refractivity contribution in [1.82, 2.24) is 5.32 Å². The number of aliphatic hydroxyl groups excluding tert-OH is 1. The molecule has 0 bridgehead atoms. The van der Waals surface area contributed by atoms with Crippen molar-refractivity contribution in [2.45, 2.75) is 32.4 Å². The predicted molar refractivity (Wildman–Crippen MR) is 71.6 cm³/mol. The number of carbonyl (C=O) groups is 1. The highest BCUT2D eigenvalue weighted by molar-refractivity contribution is 5.95. The van der Waals surface area contributed by atoms with Crippen LogP contribution in [0.15, 0.2) is 18.2 Å². The molecule has 1 aliphatic heterocycles. The lowest BCUT2D eigenvalue weighted by Gasteiger charge is -2.26. The average Bonchev–Trinajstić information content (AvgIpc) is 2.33. The van der Waals surface area contributed by atoms with E-state index in [4.69, 9.17) is 0 Å². The molecule has 1 aromatic carbocycles. The Morgan fingerprint density at radius 2 is 2.22 bits per heavy atom. The van der Waals surface area contributed by atoms with Crippen molar-refractivity contribution >= 4 is 11.6 Å². The van der Waals surface area contributed by atoms with Gasteiger partial charge in [0.2, 0.25) is 5.91 Å². The third-order valence-electron chi connectivity index (χ3n) is 3.26. The van der Waals surface area contributed by atoms with Crippen molar-refractivity contribution in [2.75, 3.05) is 18.5 Å². The van der Waals surface area contributed by atoms with Gasteiger partial charge in [0, 0.05) is 32.2 Å². The number of rotatable bonds is 4. The lowest BCUT2D eigenvalue weighted by molar-refractivity contribution is -0.118. The summed E-state index contributed by atoms with van der Waals surface area (Å²) in [4.78, 5) is 13.3. The summed E-state index contributed by atoms with van der Waals surface area (Å²) in [6.07, 6.45) is 1.09. The van der Waals surface area contributed by atoms with Crippen LogP contribution in [0.5, 0.6) is 0 Å². The number of nitrogens with zero attached hydrogens (tertiary/aromatic N) is 1. The minimum atomic E-state index is -0.327. The van der Waals surface area contributed by atoms with Crippen LogP contribution in [0.3, 0.4) is 0 Å². The van der Waals surface area contributed by atoms with Gasteiger partial charge in [-0.2, -0.15) is 0 Å². The topological polar surface area (TPSA) is 52.6 Å². The van der Waals surface area contributed by atoms with Crippen LogP contribution in [0.4, 0.5) is 5.69 Å². The number of hydrogen-bond acceptors (Lipinski definition) is 3. The molecule has 1 heterocycles. The molecule has 0 aromatic heterocycles. The predicted octanol–water partition coefficient (Wildman–Crippen LogP) is 1.07. The van der Waals surface area contributed by atoms with Gasteiger partial charge in [-0.25, -0.2) is 0 Å². The number of aryl methyl sites for hydroxylation is 1. The van der Waals surface area contributed by atoms with Gasteiger partial charge in [0.1, 0.15) is 0 Å². The summed E-state index contributed by atoms with van der Waals surface area (Å²) in [7, 11) is 1.83. The minimum absolute atomic E-state index is 0.183. The molecule has 1 aromatic rings. The highest BCUT2D eigenvalue weighted by Crippen LogP contribution is 2.27. The zero-order chi connectivity index (χ0) is 13.1. The van der Waals surface area contributed by atoms with E-state index >= 15 is 0 Å². The molecule has 1 amide bonds. The van der Waals surface area contributed by atoms with Crippen molar-refractivity contribution in [3.05, 3.63) is 29.3 Å². The zero-order valence-electron chi connectivity index (χ0n) is 10.9. The van der Waals surface area contributed by atoms with Gasteiger partial charge >= 0.3 is 0 Å². The Hall–Kier alpha value is -1.39. The number of fused-ring (bicyclic) bond motifs is 1. The van der Waals surface area contributed by atoms with Crippen molar-refractivity contribution in [3.63, 3.8) is 0 Å². The Morgan fingerprint density at radius 3 is 2.94 bits per heavy atom. The highest BCUT2D eigenvalue weighted by atomic mass is 16.3. The number of hydrogen-bond donors (Lipinski definition) is 2. The van der Waals surface area contributed by atoms with Crippen LogP contribution in [-0.2, 0) is 17.8 Å².